The zero-order chi connectivity index (χ0) is 53.8. The second-order valence-corrected chi connectivity index (χ2v) is 22.7. The highest BCUT2D eigenvalue weighted by atomic mass is 32.2. The largest absolute Gasteiger partial charge is 0.744 e. The van der Waals surface area contributed by atoms with Crippen molar-refractivity contribution in [2.75, 3.05) is 24.5 Å². The summed E-state index contributed by atoms with van der Waals surface area (Å²) in [6.07, 6.45) is 17.0. The Hall–Kier alpha value is -6.39. The molecular weight excluding hydrogens is 961 g/mol. The van der Waals surface area contributed by atoms with E-state index in [0.717, 1.165) is 76.3 Å². The number of imide groups is 1. The van der Waals surface area contributed by atoms with E-state index in [1.807, 2.05) is 71.1 Å². The molecule has 3 aromatic rings. The lowest BCUT2D eigenvalue weighted by Crippen LogP contribution is -2.51. The number of unbranched alkanes of at least 4 members (excludes halogenated alkanes) is 4. The number of carbonyl (C=O) groups is 5. The first-order valence-corrected chi connectivity index (χ1v) is 27.4. The number of Topliss-reactive ketones (excluding diaryl/α,β-unsaturated/α-hetero) is 1. The van der Waals surface area contributed by atoms with Crippen LogP contribution in [0.15, 0.2) is 83.4 Å². The first-order valence-electron chi connectivity index (χ1n) is 26.0. The van der Waals surface area contributed by atoms with Crippen LogP contribution in [-0.4, -0.2) is 88.1 Å². The molecule has 4 aliphatic heterocycles. The molecule has 2 N–H and O–H groups in total. The van der Waals surface area contributed by atoms with Gasteiger partial charge in [-0.2, -0.15) is 4.58 Å². The smallest absolute Gasteiger partial charge is 0.333 e. The summed E-state index contributed by atoms with van der Waals surface area (Å²) in [6, 6.07) is 12.9. The van der Waals surface area contributed by atoms with E-state index < -0.39 is 38.9 Å². The van der Waals surface area contributed by atoms with Crippen molar-refractivity contribution in [1.82, 2.24) is 10.4 Å². The van der Waals surface area contributed by atoms with Gasteiger partial charge in [-0.3, -0.25) is 19.2 Å². The van der Waals surface area contributed by atoms with Crippen LogP contribution in [0.1, 0.15) is 151 Å². The normalized spacial score (nSPS) is 19.4. The van der Waals surface area contributed by atoms with Gasteiger partial charge >= 0.3 is 5.97 Å². The fourth-order valence-electron chi connectivity index (χ4n) is 10.8. The van der Waals surface area contributed by atoms with Crippen LogP contribution in [0, 0.1) is 20.8 Å². The van der Waals surface area contributed by atoms with Gasteiger partial charge in [0.2, 0.25) is 5.69 Å². The molecule has 15 nitrogen and oxygen atoms in total. The predicted octanol–water partition coefficient (Wildman–Crippen LogP) is 9.37. The van der Waals surface area contributed by atoms with Crippen molar-refractivity contribution in [3.05, 3.63) is 112 Å². The van der Waals surface area contributed by atoms with E-state index >= 15 is 0 Å². The quantitative estimate of drug-likeness (QED) is 0.0318. The number of allylic oxidation sites excluding steroid dienone is 6. The Bertz CT molecular complexity index is 2950. The number of carbonyl (C=O) groups excluding carboxylic acids is 5. The van der Waals surface area contributed by atoms with Crippen molar-refractivity contribution in [2.24, 2.45) is 0 Å². The van der Waals surface area contributed by atoms with Gasteiger partial charge in [-0.15, -0.1) is 5.06 Å². The molecule has 0 radical (unpaired) electrons. The standard InChI is InChI=1S/C58H72N4O11S/c1-38-39(2)54-43(40(3)53(38)67)32-33-58(8,72-54)55(68)59-34-20-22-41(63)21-12-10-18-36-61-47-29-28-42(74(69,70)71)37-45(47)57(6,7)49(61)26-14-9-13-25-48-56(4,5)44-23-16-17-24-46(44)60(48)35-19-11-15-27-52(66)73-62-50(64)30-31-51(62)65/h9,13-14,16-17,23-26,28-29,37H,10-12,15,18-22,27,30-36H2,1-8H3,(H2-,59,67,68,69,70,71). The average Bonchev–Trinajstić information content (AvgIpc) is 3.87. The fraction of sp³-hybridized carbons (Fsp3) is 0.483. The molecule has 7 rings (SSSR count). The molecule has 1 saturated heterocycles. The van der Waals surface area contributed by atoms with Crippen molar-refractivity contribution in [3.8, 4) is 11.5 Å². The minimum Gasteiger partial charge on any atom is -0.744 e. The molecule has 1 fully saturated rings. The second kappa shape index (κ2) is 22.6. The van der Waals surface area contributed by atoms with Crippen LogP contribution in [0.3, 0.4) is 0 Å². The van der Waals surface area contributed by atoms with Crippen LogP contribution in [0.25, 0.3) is 0 Å². The number of rotatable bonds is 22. The molecule has 74 heavy (non-hydrogen) atoms. The Morgan fingerprint density at radius 2 is 1.50 bits per heavy atom. The SMILES string of the molecule is Cc1c(C)c2c(c(C)c1O)CCC(C)(C(=O)NCCCC(=O)CCCCCN1/C(=C/C=C/C=C/C3=[N+](CCCCCC(=O)ON4C(=O)CCC4=O)c4ccccc4C3(C)C)C(C)(C)c3cc(S(=O)(=O)[O-])ccc31)O2. The number of fused-ring (bicyclic) bond motifs is 3. The molecule has 1 atom stereocenters. The molecule has 4 aliphatic rings. The number of hydrogen-bond donors (Lipinski definition) is 2. The average molecular weight is 1030 g/mol. The van der Waals surface area contributed by atoms with Gasteiger partial charge in [0.25, 0.3) is 17.7 Å². The molecular formula is C58H72N4O11S. The van der Waals surface area contributed by atoms with Crippen LogP contribution in [0.5, 0.6) is 11.5 Å². The van der Waals surface area contributed by atoms with Crippen molar-refractivity contribution in [2.45, 2.75) is 167 Å². The maximum absolute atomic E-state index is 13.3. The molecule has 0 spiro atoms. The molecule has 1 unspecified atom stereocenters. The number of hydroxylamine groups is 2. The number of nitrogens with zero attached hydrogens (tertiary/aromatic N) is 3. The number of para-hydroxylation sites is 1. The van der Waals surface area contributed by atoms with Crippen LogP contribution >= 0.6 is 0 Å². The van der Waals surface area contributed by atoms with E-state index in [-0.39, 0.29) is 47.0 Å². The van der Waals surface area contributed by atoms with Crippen LogP contribution in [-0.2, 0) is 56.2 Å². The minimum atomic E-state index is -4.69. The molecule has 3 aromatic carbocycles. The molecule has 3 amide bonds. The summed E-state index contributed by atoms with van der Waals surface area (Å²) in [5.41, 5.74) is 7.25. The fourth-order valence-corrected chi connectivity index (χ4v) is 11.3. The summed E-state index contributed by atoms with van der Waals surface area (Å²) in [4.78, 5) is 69.3. The topological polar surface area (TPSA) is 203 Å². The van der Waals surface area contributed by atoms with Gasteiger partial charge in [0, 0.05) is 98.1 Å². The minimum absolute atomic E-state index is 0.0535. The van der Waals surface area contributed by atoms with Crippen molar-refractivity contribution < 1.29 is 56.2 Å². The van der Waals surface area contributed by atoms with E-state index in [1.54, 1.807) is 13.0 Å². The molecule has 4 heterocycles. The number of hydrogen-bond acceptors (Lipinski definition) is 12. The summed E-state index contributed by atoms with van der Waals surface area (Å²) in [5.74, 6) is -0.741. The number of amides is 3. The van der Waals surface area contributed by atoms with Gasteiger partial charge in [0.05, 0.1) is 10.3 Å². The lowest BCUT2D eigenvalue weighted by molar-refractivity contribution is -0.438. The summed E-state index contributed by atoms with van der Waals surface area (Å²) < 4.78 is 45.1. The van der Waals surface area contributed by atoms with Gasteiger partial charge in [0.15, 0.2) is 11.3 Å². The Morgan fingerprint density at radius 1 is 0.811 bits per heavy atom. The van der Waals surface area contributed by atoms with Gasteiger partial charge in [-0.25, -0.2) is 13.2 Å². The molecule has 0 aromatic heterocycles. The highest BCUT2D eigenvalue weighted by molar-refractivity contribution is 7.85. The number of aromatic hydroxyl groups is 1. The van der Waals surface area contributed by atoms with Crippen LogP contribution in [0.2, 0.25) is 0 Å². The third-order valence-corrected chi connectivity index (χ3v) is 16.2. The number of phenolic OH excluding ortho intramolecular Hbond substituents is 1. The van der Waals surface area contributed by atoms with Crippen LogP contribution in [0.4, 0.5) is 11.4 Å². The second-order valence-electron chi connectivity index (χ2n) is 21.3. The van der Waals surface area contributed by atoms with Crippen molar-refractivity contribution >= 4 is 56.7 Å². The van der Waals surface area contributed by atoms with Gasteiger partial charge in [-0.05, 0) is 127 Å². The zero-order valence-corrected chi connectivity index (χ0v) is 45.0. The monoisotopic (exact) mass is 1030 g/mol. The first-order chi connectivity index (χ1) is 35.0. The summed E-state index contributed by atoms with van der Waals surface area (Å²) in [6.45, 7) is 17.5. The Morgan fingerprint density at radius 3 is 2.23 bits per heavy atom. The third kappa shape index (κ3) is 11.8. The molecule has 0 aliphatic carbocycles. The van der Waals surface area contributed by atoms with Crippen LogP contribution < -0.4 is 15.0 Å². The highest BCUT2D eigenvalue weighted by Crippen LogP contribution is 2.49. The van der Waals surface area contributed by atoms with Gasteiger partial charge in [-0.1, -0.05) is 56.7 Å². The van der Waals surface area contributed by atoms with Crippen molar-refractivity contribution in [3.63, 3.8) is 0 Å². The van der Waals surface area contributed by atoms with E-state index in [2.05, 4.69) is 46.8 Å². The summed E-state index contributed by atoms with van der Waals surface area (Å²) in [5, 5.41) is 14.1. The van der Waals surface area contributed by atoms with Crippen molar-refractivity contribution in [1.29, 1.82) is 0 Å². The third-order valence-electron chi connectivity index (χ3n) is 15.4. The first kappa shape index (κ1) is 55.4. The number of benzene rings is 3. The van der Waals surface area contributed by atoms with E-state index in [0.29, 0.717) is 75.4 Å². The highest BCUT2D eigenvalue weighted by Gasteiger charge is 2.45. The maximum Gasteiger partial charge on any atom is 0.333 e. The Balaban J connectivity index is 0.937. The van der Waals surface area contributed by atoms with Gasteiger partial charge in [0.1, 0.15) is 33.9 Å². The van der Waals surface area contributed by atoms with E-state index in [9.17, 15) is 42.0 Å². The molecule has 0 saturated carbocycles. The Labute approximate surface area is 436 Å². The summed E-state index contributed by atoms with van der Waals surface area (Å²) in [7, 11) is -4.69. The number of ether oxygens (including phenoxy) is 1. The molecule has 0 bridgehead atoms. The van der Waals surface area contributed by atoms with Gasteiger partial charge < -0.3 is 29.5 Å². The maximum atomic E-state index is 13.3. The summed E-state index contributed by atoms with van der Waals surface area (Å²) >= 11 is 0. The number of anilines is 1. The Kier molecular flexibility index (Phi) is 16.9. The number of nitrogens with one attached hydrogen (secondary N) is 1. The van der Waals surface area contributed by atoms with E-state index in [4.69, 9.17) is 9.57 Å². The molecule has 396 valence electrons. The molecule has 16 heteroatoms. The zero-order valence-electron chi connectivity index (χ0n) is 44.2. The lowest BCUT2D eigenvalue weighted by Gasteiger charge is -2.36. The van der Waals surface area contributed by atoms with E-state index in [1.165, 1.54) is 17.7 Å². The lowest BCUT2D eigenvalue weighted by atomic mass is 9.81. The number of phenols is 1. The number of ketones is 1. The predicted molar refractivity (Wildman–Crippen MR) is 281 cm³/mol.